The van der Waals surface area contributed by atoms with Crippen molar-refractivity contribution in [1.29, 1.82) is 0 Å². The molecule has 0 saturated heterocycles. The van der Waals surface area contributed by atoms with Crippen molar-refractivity contribution in [2.45, 2.75) is 39.7 Å². The number of pyridine rings is 1. The van der Waals surface area contributed by atoms with Crippen molar-refractivity contribution in [3.8, 4) is 11.6 Å². The van der Waals surface area contributed by atoms with E-state index in [1.165, 1.54) is 5.56 Å². The minimum Gasteiger partial charge on any atom is -0.439 e. The third-order valence-corrected chi connectivity index (χ3v) is 3.14. The molecule has 0 atom stereocenters. The van der Waals surface area contributed by atoms with Gasteiger partial charge in [-0.25, -0.2) is 4.98 Å². The zero-order valence-corrected chi connectivity index (χ0v) is 12.5. The van der Waals surface area contributed by atoms with Crippen LogP contribution in [0.5, 0.6) is 11.6 Å². The van der Waals surface area contributed by atoms with E-state index in [9.17, 15) is 0 Å². The van der Waals surface area contributed by atoms with E-state index < -0.39 is 0 Å². The van der Waals surface area contributed by atoms with Gasteiger partial charge in [0.2, 0.25) is 5.88 Å². The first-order chi connectivity index (χ1) is 9.40. The van der Waals surface area contributed by atoms with Crippen molar-refractivity contribution in [2.24, 2.45) is 0 Å². The van der Waals surface area contributed by atoms with E-state index >= 15 is 0 Å². The number of hydrogen-bond donors (Lipinski definition) is 1. The molecule has 0 radical (unpaired) electrons. The Kier molecular flexibility index (Phi) is 4.09. The van der Waals surface area contributed by atoms with Crippen LogP contribution in [0.15, 0.2) is 36.5 Å². The van der Waals surface area contributed by atoms with Crippen molar-refractivity contribution < 1.29 is 9.84 Å². The van der Waals surface area contributed by atoms with Crippen molar-refractivity contribution in [1.82, 2.24) is 4.98 Å². The molecule has 0 spiro atoms. The smallest absolute Gasteiger partial charge is 0.219 e. The average Bonchev–Trinajstić information content (AvgIpc) is 2.40. The monoisotopic (exact) mass is 271 g/mol. The van der Waals surface area contributed by atoms with Crippen molar-refractivity contribution in [2.75, 3.05) is 0 Å². The summed E-state index contributed by atoms with van der Waals surface area (Å²) < 4.78 is 5.90. The highest BCUT2D eigenvalue weighted by Gasteiger charge is 2.19. The second kappa shape index (κ2) is 5.63. The number of aryl methyl sites for hydroxylation is 1. The maximum Gasteiger partial charge on any atom is 0.219 e. The SMILES string of the molecule is Cc1ccc(Oc2ccc(CO)cn2)c(C(C)(C)C)c1. The maximum atomic E-state index is 9.02. The fourth-order valence-corrected chi connectivity index (χ4v) is 2.00. The molecule has 0 unspecified atom stereocenters. The molecule has 3 heteroatoms. The first-order valence-corrected chi connectivity index (χ1v) is 6.75. The Labute approximate surface area is 120 Å². The molecule has 0 aliphatic heterocycles. The molecule has 0 aliphatic rings. The van der Waals surface area contributed by atoms with Gasteiger partial charge in [-0.1, -0.05) is 38.5 Å². The Morgan fingerprint density at radius 3 is 2.45 bits per heavy atom. The van der Waals surface area contributed by atoms with E-state index in [0.717, 1.165) is 16.9 Å². The van der Waals surface area contributed by atoms with Gasteiger partial charge in [0.15, 0.2) is 0 Å². The summed E-state index contributed by atoms with van der Waals surface area (Å²) in [6, 6.07) is 9.76. The van der Waals surface area contributed by atoms with E-state index in [0.29, 0.717) is 5.88 Å². The standard InChI is InChI=1S/C17H21NO2/c1-12-5-7-15(14(9-12)17(2,3)4)20-16-8-6-13(11-19)10-18-16/h5-10,19H,11H2,1-4H3. The van der Waals surface area contributed by atoms with Gasteiger partial charge < -0.3 is 9.84 Å². The molecule has 3 nitrogen and oxygen atoms in total. The van der Waals surface area contributed by atoms with Crippen LogP contribution in [0.4, 0.5) is 0 Å². The molecule has 0 saturated carbocycles. The quantitative estimate of drug-likeness (QED) is 0.918. The summed E-state index contributed by atoms with van der Waals surface area (Å²) in [5.41, 5.74) is 3.15. The van der Waals surface area contributed by atoms with Gasteiger partial charge >= 0.3 is 0 Å². The number of aliphatic hydroxyl groups excluding tert-OH is 1. The topological polar surface area (TPSA) is 42.4 Å². The molecular weight excluding hydrogens is 250 g/mol. The van der Waals surface area contributed by atoms with E-state index in [1.54, 1.807) is 12.3 Å². The summed E-state index contributed by atoms with van der Waals surface area (Å²) >= 11 is 0. The molecule has 2 rings (SSSR count). The van der Waals surface area contributed by atoms with E-state index in [-0.39, 0.29) is 12.0 Å². The number of hydrogen-bond acceptors (Lipinski definition) is 3. The van der Waals surface area contributed by atoms with Crippen LogP contribution < -0.4 is 4.74 Å². The van der Waals surface area contributed by atoms with Gasteiger partial charge in [-0.3, -0.25) is 0 Å². The lowest BCUT2D eigenvalue weighted by Gasteiger charge is -2.23. The molecular formula is C17H21NO2. The van der Waals surface area contributed by atoms with Crippen LogP contribution in [0.2, 0.25) is 0 Å². The third-order valence-electron chi connectivity index (χ3n) is 3.14. The number of ether oxygens (including phenoxy) is 1. The average molecular weight is 271 g/mol. The highest BCUT2D eigenvalue weighted by Crippen LogP contribution is 2.34. The first-order valence-electron chi connectivity index (χ1n) is 6.75. The predicted octanol–water partition coefficient (Wildman–Crippen LogP) is 3.97. The number of benzene rings is 1. The zero-order valence-electron chi connectivity index (χ0n) is 12.5. The van der Waals surface area contributed by atoms with Crippen LogP contribution in [0, 0.1) is 6.92 Å². The molecule has 106 valence electrons. The van der Waals surface area contributed by atoms with Gasteiger partial charge in [0.25, 0.3) is 0 Å². The normalized spacial score (nSPS) is 11.4. The van der Waals surface area contributed by atoms with Crippen LogP contribution in [-0.4, -0.2) is 10.1 Å². The van der Waals surface area contributed by atoms with E-state index in [2.05, 4.69) is 38.7 Å². The highest BCUT2D eigenvalue weighted by molar-refractivity contribution is 5.43. The summed E-state index contributed by atoms with van der Waals surface area (Å²) in [7, 11) is 0. The Morgan fingerprint density at radius 1 is 1.15 bits per heavy atom. The number of aromatic nitrogens is 1. The molecule has 20 heavy (non-hydrogen) atoms. The largest absolute Gasteiger partial charge is 0.439 e. The van der Waals surface area contributed by atoms with Gasteiger partial charge in [-0.05, 0) is 30.0 Å². The van der Waals surface area contributed by atoms with Gasteiger partial charge in [-0.2, -0.15) is 0 Å². The minimum absolute atomic E-state index is 0.00634. The maximum absolute atomic E-state index is 9.02. The van der Waals surface area contributed by atoms with Crippen LogP contribution in [-0.2, 0) is 12.0 Å². The molecule has 1 N–H and O–H groups in total. The summed E-state index contributed by atoms with van der Waals surface area (Å²) in [6.07, 6.45) is 1.63. The fourth-order valence-electron chi connectivity index (χ4n) is 2.00. The van der Waals surface area contributed by atoms with Gasteiger partial charge in [0.1, 0.15) is 5.75 Å². The van der Waals surface area contributed by atoms with Crippen LogP contribution >= 0.6 is 0 Å². The zero-order chi connectivity index (χ0) is 14.8. The minimum atomic E-state index is -0.00888. The van der Waals surface area contributed by atoms with Crippen LogP contribution in [0.25, 0.3) is 0 Å². The lowest BCUT2D eigenvalue weighted by Crippen LogP contribution is -2.13. The van der Waals surface area contributed by atoms with Crippen LogP contribution in [0.3, 0.4) is 0 Å². The van der Waals surface area contributed by atoms with E-state index in [4.69, 9.17) is 9.84 Å². The van der Waals surface area contributed by atoms with Gasteiger partial charge in [0.05, 0.1) is 6.61 Å². The second-order valence-electron chi connectivity index (χ2n) is 6.01. The predicted molar refractivity (Wildman–Crippen MR) is 80.1 cm³/mol. The second-order valence-corrected chi connectivity index (χ2v) is 6.01. The number of nitrogens with zero attached hydrogens (tertiary/aromatic N) is 1. The summed E-state index contributed by atoms with van der Waals surface area (Å²) in [6.45, 7) is 8.56. The van der Waals surface area contributed by atoms with E-state index in [1.807, 2.05) is 18.2 Å². The number of rotatable bonds is 3. The summed E-state index contributed by atoms with van der Waals surface area (Å²) in [4.78, 5) is 4.21. The molecule has 1 heterocycles. The summed E-state index contributed by atoms with van der Waals surface area (Å²) in [5.74, 6) is 1.36. The molecule has 1 aromatic carbocycles. The lowest BCUT2D eigenvalue weighted by molar-refractivity contribution is 0.281. The Bertz CT molecular complexity index is 583. The molecule has 0 bridgehead atoms. The first kappa shape index (κ1) is 14.5. The molecule has 0 fully saturated rings. The molecule has 0 amide bonds. The Balaban J connectivity index is 2.32. The lowest BCUT2D eigenvalue weighted by atomic mass is 9.85. The Morgan fingerprint density at radius 2 is 1.90 bits per heavy atom. The molecule has 0 aliphatic carbocycles. The number of aliphatic hydroxyl groups is 1. The molecule has 1 aromatic heterocycles. The van der Waals surface area contributed by atoms with Crippen LogP contribution in [0.1, 0.15) is 37.5 Å². The van der Waals surface area contributed by atoms with Crippen molar-refractivity contribution >= 4 is 0 Å². The highest BCUT2D eigenvalue weighted by atomic mass is 16.5. The Hall–Kier alpha value is -1.87. The van der Waals surface area contributed by atoms with Crippen molar-refractivity contribution in [3.05, 3.63) is 53.2 Å². The van der Waals surface area contributed by atoms with Gasteiger partial charge in [-0.15, -0.1) is 0 Å². The fraction of sp³-hybridized carbons (Fsp3) is 0.353. The van der Waals surface area contributed by atoms with Crippen molar-refractivity contribution in [3.63, 3.8) is 0 Å². The van der Waals surface area contributed by atoms with Gasteiger partial charge in [0, 0.05) is 17.8 Å². The molecule has 2 aromatic rings. The third kappa shape index (κ3) is 3.36. The summed E-state index contributed by atoms with van der Waals surface area (Å²) in [5, 5.41) is 9.02.